The number of carbonyl (C=O) groups is 1. The van der Waals surface area contributed by atoms with Gasteiger partial charge in [0.25, 0.3) is 0 Å². The fourth-order valence-electron chi connectivity index (χ4n) is 3.01. The van der Waals surface area contributed by atoms with Crippen molar-refractivity contribution in [2.75, 3.05) is 0 Å². The van der Waals surface area contributed by atoms with Gasteiger partial charge in [-0.15, -0.1) is 0 Å². The second-order valence-corrected chi connectivity index (χ2v) is 7.09. The zero-order chi connectivity index (χ0) is 15.0. The summed E-state index contributed by atoms with van der Waals surface area (Å²) in [5.41, 5.74) is -1.16. The largest absolute Gasteiger partial charge is 0.297 e. The monoisotopic (exact) mass is 337 g/mol. The van der Waals surface area contributed by atoms with E-state index in [0.717, 1.165) is 12.8 Å². The molecule has 0 spiro atoms. The van der Waals surface area contributed by atoms with Crippen molar-refractivity contribution in [3.05, 3.63) is 34.1 Å². The summed E-state index contributed by atoms with van der Waals surface area (Å²) in [7, 11) is 0. The minimum atomic E-state index is -1.09. The molecule has 0 radical (unpaired) electrons. The summed E-state index contributed by atoms with van der Waals surface area (Å²) in [4.78, 5) is 12.6. The van der Waals surface area contributed by atoms with Crippen LogP contribution in [0.4, 0.5) is 4.39 Å². The Balaban J connectivity index is 2.38. The lowest BCUT2D eigenvalue weighted by Gasteiger charge is -2.39. The average Bonchev–Trinajstić information content (AvgIpc) is 2.38. The summed E-state index contributed by atoms with van der Waals surface area (Å²) in [6.45, 7) is 3.75. The van der Waals surface area contributed by atoms with Crippen molar-refractivity contribution < 1.29 is 9.18 Å². The van der Waals surface area contributed by atoms with Gasteiger partial charge >= 0.3 is 0 Å². The molecule has 0 N–H and O–H groups in total. The zero-order valence-corrected chi connectivity index (χ0v) is 13.3. The Hall–Kier alpha value is -1.21. The maximum absolute atomic E-state index is 14.0. The minimum Gasteiger partial charge on any atom is -0.297 e. The Labute approximate surface area is 127 Å². The van der Waals surface area contributed by atoms with E-state index in [1.165, 1.54) is 6.07 Å². The normalized spacial score (nSPS) is 25.2. The highest BCUT2D eigenvalue weighted by molar-refractivity contribution is 9.10. The third-order valence-electron chi connectivity index (χ3n) is 4.18. The molecule has 1 aliphatic carbocycles. The first kappa shape index (κ1) is 15.2. The molecule has 0 aliphatic heterocycles. The number of hydrogen-bond acceptors (Lipinski definition) is 2. The first-order chi connectivity index (χ1) is 9.31. The quantitative estimate of drug-likeness (QED) is 0.801. The van der Waals surface area contributed by atoms with Crippen LogP contribution in [0.3, 0.4) is 0 Å². The molecule has 0 heterocycles. The van der Waals surface area contributed by atoms with Crippen LogP contribution in [-0.2, 0) is 11.2 Å². The maximum Gasteiger partial charge on any atom is 0.158 e. The number of nitriles is 1. The Morgan fingerprint density at radius 3 is 2.70 bits per heavy atom. The molecule has 2 nitrogen and oxygen atoms in total. The van der Waals surface area contributed by atoms with Crippen LogP contribution in [0.2, 0.25) is 0 Å². The number of nitrogens with zero attached hydrogens (tertiary/aromatic N) is 1. The molecular formula is C16H17BrFNO. The fourth-order valence-corrected chi connectivity index (χ4v) is 3.35. The van der Waals surface area contributed by atoms with Crippen molar-refractivity contribution in [1.82, 2.24) is 0 Å². The molecule has 0 bridgehead atoms. The van der Waals surface area contributed by atoms with E-state index in [1.807, 2.05) is 13.8 Å². The molecule has 1 aliphatic rings. The van der Waals surface area contributed by atoms with Crippen molar-refractivity contribution in [2.45, 2.75) is 39.5 Å². The number of rotatable bonds is 2. The van der Waals surface area contributed by atoms with Gasteiger partial charge in [0.2, 0.25) is 0 Å². The highest BCUT2D eigenvalue weighted by Crippen LogP contribution is 2.44. The van der Waals surface area contributed by atoms with Gasteiger partial charge in [-0.2, -0.15) is 5.26 Å². The topological polar surface area (TPSA) is 40.9 Å². The molecule has 1 atom stereocenters. The molecule has 1 fully saturated rings. The first-order valence-corrected chi connectivity index (χ1v) is 7.50. The standard InChI is InChI=1S/C16H17BrFNO/c1-15(2)6-3-7-16(10-19,14(15)20)9-11-4-5-12(17)8-13(11)18/h4-5,8H,3,6-7,9H2,1-2H3. The third kappa shape index (κ3) is 2.64. The lowest BCUT2D eigenvalue weighted by molar-refractivity contribution is -0.138. The van der Waals surface area contributed by atoms with Crippen LogP contribution in [0.15, 0.2) is 22.7 Å². The molecule has 106 valence electrons. The van der Waals surface area contributed by atoms with Gasteiger partial charge in [-0.1, -0.05) is 42.3 Å². The van der Waals surface area contributed by atoms with E-state index >= 15 is 0 Å². The fraction of sp³-hybridized carbons (Fsp3) is 0.500. The molecule has 1 unspecified atom stereocenters. The molecular weight excluding hydrogens is 321 g/mol. The van der Waals surface area contributed by atoms with Gasteiger partial charge in [-0.3, -0.25) is 4.79 Å². The van der Waals surface area contributed by atoms with Crippen molar-refractivity contribution in [2.24, 2.45) is 10.8 Å². The molecule has 20 heavy (non-hydrogen) atoms. The maximum atomic E-state index is 14.0. The lowest BCUT2D eigenvalue weighted by Crippen LogP contribution is -2.45. The van der Waals surface area contributed by atoms with Gasteiger partial charge < -0.3 is 0 Å². The molecule has 2 rings (SSSR count). The lowest BCUT2D eigenvalue weighted by atomic mass is 9.61. The van der Waals surface area contributed by atoms with Gasteiger partial charge in [0.15, 0.2) is 5.78 Å². The average molecular weight is 338 g/mol. The summed E-state index contributed by atoms with van der Waals surface area (Å²) in [6.07, 6.45) is 2.29. The van der Waals surface area contributed by atoms with Crippen molar-refractivity contribution in [3.8, 4) is 6.07 Å². The number of halogens is 2. The van der Waals surface area contributed by atoms with Gasteiger partial charge in [-0.25, -0.2) is 4.39 Å². The number of hydrogen-bond donors (Lipinski definition) is 0. The second-order valence-electron chi connectivity index (χ2n) is 6.17. The summed E-state index contributed by atoms with van der Waals surface area (Å²) < 4.78 is 14.6. The molecule has 0 aromatic heterocycles. The Bertz CT molecular complexity index is 591. The summed E-state index contributed by atoms with van der Waals surface area (Å²) in [6, 6.07) is 6.94. The van der Waals surface area contributed by atoms with Gasteiger partial charge in [0, 0.05) is 16.3 Å². The molecule has 4 heteroatoms. The summed E-state index contributed by atoms with van der Waals surface area (Å²) in [5.74, 6) is -0.425. The van der Waals surface area contributed by atoms with Crippen LogP contribution < -0.4 is 0 Å². The predicted octanol–water partition coefficient (Wildman–Crippen LogP) is 4.42. The van der Waals surface area contributed by atoms with E-state index < -0.39 is 10.8 Å². The van der Waals surface area contributed by atoms with Crippen LogP contribution in [0.1, 0.15) is 38.7 Å². The van der Waals surface area contributed by atoms with Crippen LogP contribution in [0, 0.1) is 28.0 Å². The third-order valence-corrected chi connectivity index (χ3v) is 4.67. The molecule has 1 aromatic rings. The molecule has 0 amide bonds. The SMILES string of the molecule is CC1(C)CCCC(C#N)(Cc2ccc(Br)cc2F)C1=O. The van der Waals surface area contributed by atoms with Gasteiger partial charge in [0.05, 0.1) is 6.07 Å². The number of benzene rings is 1. The van der Waals surface area contributed by atoms with E-state index in [0.29, 0.717) is 16.5 Å². The van der Waals surface area contributed by atoms with Crippen LogP contribution in [-0.4, -0.2) is 5.78 Å². The van der Waals surface area contributed by atoms with E-state index in [-0.39, 0.29) is 18.0 Å². The molecule has 1 aromatic carbocycles. The highest BCUT2D eigenvalue weighted by atomic mass is 79.9. The smallest absolute Gasteiger partial charge is 0.158 e. The van der Waals surface area contributed by atoms with Crippen LogP contribution in [0.5, 0.6) is 0 Å². The molecule has 1 saturated carbocycles. The van der Waals surface area contributed by atoms with Crippen molar-refractivity contribution in [1.29, 1.82) is 5.26 Å². The van der Waals surface area contributed by atoms with Gasteiger partial charge in [0.1, 0.15) is 11.2 Å². The van der Waals surface area contributed by atoms with Crippen LogP contribution in [0.25, 0.3) is 0 Å². The van der Waals surface area contributed by atoms with E-state index in [4.69, 9.17) is 0 Å². The van der Waals surface area contributed by atoms with Crippen LogP contribution >= 0.6 is 15.9 Å². The summed E-state index contributed by atoms with van der Waals surface area (Å²) in [5, 5.41) is 9.55. The van der Waals surface area contributed by atoms with E-state index in [9.17, 15) is 14.4 Å². The number of Topliss-reactive ketones (excluding diaryl/α,β-unsaturated/α-hetero) is 1. The number of ketones is 1. The van der Waals surface area contributed by atoms with E-state index in [2.05, 4.69) is 22.0 Å². The van der Waals surface area contributed by atoms with Crippen molar-refractivity contribution >= 4 is 21.7 Å². The predicted molar refractivity (Wildman–Crippen MR) is 78.5 cm³/mol. The zero-order valence-electron chi connectivity index (χ0n) is 11.7. The van der Waals surface area contributed by atoms with Gasteiger partial charge in [-0.05, 0) is 30.5 Å². The van der Waals surface area contributed by atoms with Crippen molar-refractivity contribution in [3.63, 3.8) is 0 Å². The first-order valence-electron chi connectivity index (χ1n) is 6.71. The molecule has 0 saturated heterocycles. The highest BCUT2D eigenvalue weighted by Gasteiger charge is 2.49. The minimum absolute atomic E-state index is 0.0546. The van der Waals surface area contributed by atoms with E-state index in [1.54, 1.807) is 12.1 Å². The Morgan fingerprint density at radius 1 is 1.40 bits per heavy atom. The second kappa shape index (κ2) is 5.29. The Morgan fingerprint density at radius 2 is 2.10 bits per heavy atom. The Kier molecular flexibility index (Phi) is 4.02. The number of carbonyl (C=O) groups excluding carboxylic acids is 1. The summed E-state index contributed by atoms with van der Waals surface area (Å²) >= 11 is 3.21.